The minimum Gasteiger partial charge on any atom is -0.320 e. The van der Waals surface area contributed by atoms with E-state index in [0.717, 1.165) is 28.1 Å². The summed E-state index contributed by atoms with van der Waals surface area (Å²) in [5, 5.41) is 5.67. The van der Waals surface area contributed by atoms with Crippen LogP contribution in [0.3, 0.4) is 0 Å². The second kappa shape index (κ2) is 7.83. The molecule has 1 heterocycles. The second-order valence-corrected chi connectivity index (χ2v) is 6.45. The number of carbonyl (C=O) groups is 2. The van der Waals surface area contributed by atoms with Crippen LogP contribution in [0.5, 0.6) is 0 Å². The van der Waals surface area contributed by atoms with E-state index in [2.05, 4.69) is 15.6 Å². The molecular formula is C22H21N3O2. The first-order valence-corrected chi connectivity index (χ1v) is 8.66. The van der Waals surface area contributed by atoms with Gasteiger partial charge in [0.05, 0.1) is 0 Å². The van der Waals surface area contributed by atoms with E-state index in [1.54, 1.807) is 18.2 Å². The Hall–Kier alpha value is -3.47. The van der Waals surface area contributed by atoms with E-state index in [-0.39, 0.29) is 23.2 Å². The van der Waals surface area contributed by atoms with E-state index in [9.17, 15) is 9.59 Å². The van der Waals surface area contributed by atoms with Crippen LogP contribution in [0.1, 0.15) is 37.7 Å². The number of rotatable bonds is 4. The third kappa shape index (κ3) is 4.39. The average molecular weight is 359 g/mol. The molecule has 0 aliphatic heterocycles. The van der Waals surface area contributed by atoms with Crippen molar-refractivity contribution in [2.45, 2.75) is 20.8 Å². The normalized spacial score (nSPS) is 10.3. The van der Waals surface area contributed by atoms with Gasteiger partial charge in [-0.3, -0.25) is 9.59 Å². The summed E-state index contributed by atoms with van der Waals surface area (Å²) in [6.07, 6.45) is 0. The monoisotopic (exact) mass is 359 g/mol. The van der Waals surface area contributed by atoms with Crippen molar-refractivity contribution in [2.75, 3.05) is 10.6 Å². The summed E-state index contributed by atoms with van der Waals surface area (Å²) in [5.74, 6) is -0.710. The number of hydrogen-bond acceptors (Lipinski definition) is 3. The van der Waals surface area contributed by atoms with E-state index in [0.29, 0.717) is 0 Å². The number of pyridine rings is 1. The van der Waals surface area contributed by atoms with Gasteiger partial charge in [-0.15, -0.1) is 0 Å². The molecule has 136 valence electrons. The summed E-state index contributed by atoms with van der Waals surface area (Å²) < 4.78 is 0. The molecule has 0 atom stereocenters. The predicted octanol–water partition coefficient (Wildman–Crippen LogP) is 4.51. The maximum atomic E-state index is 12.5. The molecule has 0 aliphatic carbocycles. The Bertz CT molecular complexity index is 1010. The largest absolute Gasteiger partial charge is 0.320 e. The molecule has 2 aromatic carbocycles. The predicted molar refractivity (Wildman–Crippen MR) is 107 cm³/mol. The van der Waals surface area contributed by atoms with Gasteiger partial charge in [-0.2, -0.15) is 0 Å². The second-order valence-electron chi connectivity index (χ2n) is 6.45. The van der Waals surface area contributed by atoms with Gasteiger partial charge < -0.3 is 10.6 Å². The van der Waals surface area contributed by atoms with E-state index in [4.69, 9.17) is 0 Å². The van der Waals surface area contributed by atoms with Gasteiger partial charge in [0, 0.05) is 11.4 Å². The fraction of sp³-hybridized carbons (Fsp3) is 0.136. The van der Waals surface area contributed by atoms with Crippen molar-refractivity contribution in [1.82, 2.24) is 4.98 Å². The number of aromatic nitrogens is 1. The molecule has 27 heavy (non-hydrogen) atoms. The van der Waals surface area contributed by atoms with Crippen LogP contribution >= 0.6 is 0 Å². The van der Waals surface area contributed by atoms with Gasteiger partial charge in [-0.25, -0.2) is 4.98 Å². The molecule has 0 saturated heterocycles. The Morgan fingerprint density at radius 3 is 1.89 bits per heavy atom. The molecule has 0 radical (unpaired) electrons. The molecule has 0 saturated carbocycles. The number of aryl methyl sites for hydroxylation is 3. The van der Waals surface area contributed by atoms with Crippen LogP contribution in [0.15, 0.2) is 60.7 Å². The quantitative estimate of drug-likeness (QED) is 0.720. The van der Waals surface area contributed by atoms with Gasteiger partial charge in [-0.1, -0.05) is 42.0 Å². The van der Waals surface area contributed by atoms with Crippen LogP contribution in [0, 0.1) is 20.8 Å². The number of benzene rings is 2. The highest BCUT2D eigenvalue weighted by atomic mass is 16.2. The van der Waals surface area contributed by atoms with Crippen LogP contribution in [-0.2, 0) is 0 Å². The van der Waals surface area contributed by atoms with Crippen LogP contribution in [-0.4, -0.2) is 16.8 Å². The van der Waals surface area contributed by atoms with E-state index < -0.39 is 0 Å². The van der Waals surface area contributed by atoms with Gasteiger partial charge in [0.25, 0.3) is 11.8 Å². The highest BCUT2D eigenvalue weighted by Crippen LogP contribution is 2.17. The van der Waals surface area contributed by atoms with Crippen LogP contribution in [0.2, 0.25) is 0 Å². The van der Waals surface area contributed by atoms with Crippen LogP contribution < -0.4 is 10.6 Å². The Morgan fingerprint density at radius 2 is 1.30 bits per heavy atom. The van der Waals surface area contributed by atoms with E-state index in [1.165, 1.54) is 0 Å². The molecule has 5 nitrogen and oxygen atoms in total. The number of hydrogen-bond donors (Lipinski definition) is 2. The first-order valence-electron chi connectivity index (χ1n) is 8.66. The number of amides is 2. The van der Waals surface area contributed by atoms with Crippen molar-refractivity contribution in [2.24, 2.45) is 0 Å². The van der Waals surface area contributed by atoms with Gasteiger partial charge in [-0.05, 0) is 56.2 Å². The van der Waals surface area contributed by atoms with Crippen molar-refractivity contribution in [1.29, 1.82) is 0 Å². The third-order valence-corrected chi connectivity index (χ3v) is 4.24. The first kappa shape index (κ1) is 18.3. The summed E-state index contributed by atoms with van der Waals surface area (Å²) in [4.78, 5) is 29.2. The number of para-hydroxylation sites is 1. The average Bonchev–Trinajstić information content (AvgIpc) is 2.66. The number of carbonyl (C=O) groups excluding carboxylic acids is 2. The highest BCUT2D eigenvalue weighted by Gasteiger charge is 2.14. The molecule has 0 unspecified atom stereocenters. The lowest BCUT2D eigenvalue weighted by Crippen LogP contribution is -2.19. The summed E-state index contributed by atoms with van der Waals surface area (Å²) in [6.45, 7) is 5.84. The Balaban J connectivity index is 1.77. The molecule has 0 aliphatic rings. The number of anilines is 2. The number of nitrogens with one attached hydrogen (secondary N) is 2. The van der Waals surface area contributed by atoms with E-state index >= 15 is 0 Å². The lowest BCUT2D eigenvalue weighted by atomic mass is 10.1. The zero-order valence-corrected chi connectivity index (χ0v) is 15.5. The van der Waals surface area contributed by atoms with Gasteiger partial charge in [0.1, 0.15) is 11.4 Å². The lowest BCUT2D eigenvalue weighted by molar-refractivity contribution is 0.101. The molecular weight excluding hydrogens is 338 g/mol. The Labute approximate surface area is 158 Å². The molecule has 0 spiro atoms. The molecule has 0 fully saturated rings. The summed E-state index contributed by atoms with van der Waals surface area (Å²) in [5.41, 5.74) is 4.86. The molecule has 1 aromatic heterocycles. The molecule has 3 aromatic rings. The van der Waals surface area contributed by atoms with Gasteiger partial charge in [0.15, 0.2) is 0 Å². The molecule has 2 amide bonds. The SMILES string of the molecule is Cc1ccc(NC(=O)c2cccc(C(=O)Nc3ccccc3C)n2)c(C)c1. The van der Waals surface area contributed by atoms with Crippen molar-refractivity contribution in [3.05, 3.63) is 88.7 Å². The topological polar surface area (TPSA) is 71.1 Å². The van der Waals surface area contributed by atoms with E-state index in [1.807, 2.05) is 63.2 Å². The first-order chi connectivity index (χ1) is 12.9. The maximum Gasteiger partial charge on any atom is 0.274 e. The fourth-order valence-electron chi connectivity index (χ4n) is 2.73. The van der Waals surface area contributed by atoms with Crippen molar-refractivity contribution >= 4 is 23.2 Å². The zero-order chi connectivity index (χ0) is 19.4. The molecule has 3 rings (SSSR count). The Kier molecular flexibility index (Phi) is 5.31. The minimum atomic E-state index is -0.356. The minimum absolute atomic E-state index is 0.187. The lowest BCUT2D eigenvalue weighted by Gasteiger charge is -2.10. The smallest absolute Gasteiger partial charge is 0.274 e. The standard InChI is InChI=1S/C22H21N3O2/c1-14-11-12-18(16(3)13-14)25-22(27)20-10-6-9-19(23-20)21(26)24-17-8-5-4-7-15(17)2/h4-13H,1-3H3,(H,24,26)(H,25,27). The maximum absolute atomic E-state index is 12.5. The molecule has 0 bridgehead atoms. The Morgan fingerprint density at radius 1 is 0.704 bits per heavy atom. The summed E-state index contributed by atoms with van der Waals surface area (Å²) in [6, 6.07) is 18.1. The summed E-state index contributed by atoms with van der Waals surface area (Å²) >= 11 is 0. The highest BCUT2D eigenvalue weighted by molar-refractivity contribution is 6.06. The number of nitrogens with zero attached hydrogens (tertiary/aromatic N) is 1. The van der Waals surface area contributed by atoms with Crippen molar-refractivity contribution < 1.29 is 9.59 Å². The van der Waals surface area contributed by atoms with Crippen LogP contribution in [0.25, 0.3) is 0 Å². The molecule has 2 N–H and O–H groups in total. The van der Waals surface area contributed by atoms with Crippen LogP contribution in [0.4, 0.5) is 11.4 Å². The zero-order valence-electron chi connectivity index (χ0n) is 15.5. The van der Waals surface area contributed by atoms with Gasteiger partial charge in [0.2, 0.25) is 0 Å². The summed E-state index contributed by atoms with van der Waals surface area (Å²) in [7, 11) is 0. The van der Waals surface area contributed by atoms with Crippen molar-refractivity contribution in [3.8, 4) is 0 Å². The van der Waals surface area contributed by atoms with Gasteiger partial charge >= 0.3 is 0 Å². The van der Waals surface area contributed by atoms with Crippen molar-refractivity contribution in [3.63, 3.8) is 0 Å². The fourth-order valence-corrected chi connectivity index (χ4v) is 2.73. The molecule has 5 heteroatoms. The third-order valence-electron chi connectivity index (χ3n) is 4.24.